The molecule has 0 aromatic rings. The Balaban J connectivity index is 3.48. The highest BCUT2D eigenvalue weighted by molar-refractivity contribution is 4.77. The normalized spacial score (nSPS) is 13.9. The Morgan fingerprint density at radius 3 is 2.41 bits per heavy atom. The van der Waals surface area contributed by atoms with Crippen LogP contribution in [0.15, 0.2) is 0 Å². The first-order valence-electron chi connectivity index (χ1n) is 6.60. The van der Waals surface area contributed by atoms with Crippen LogP contribution in [-0.4, -0.2) is 49.7 Å². The lowest BCUT2D eigenvalue weighted by atomic mass is 9.99. The number of aliphatic hydroxyl groups is 1. The van der Waals surface area contributed by atoms with Gasteiger partial charge in [-0.25, -0.2) is 0 Å². The van der Waals surface area contributed by atoms with Crippen LogP contribution in [0.25, 0.3) is 0 Å². The molecule has 0 aromatic carbocycles. The van der Waals surface area contributed by atoms with E-state index in [0.717, 1.165) is 12.8 Å². The summed E-state index contributed by atoms with van der Waals surface area (Å²) in [5.74, 6) is 0. The van der Waals surface area contributed by atoms with Crippen molar-refractivity contribution in [3.8, 4) is 0 Å². The van der Waals surface area contributed by atoms with E-state index in [2.05, 4.69) is 26.1 Å². The third kappa shape index (κ3) is 10.7. The molecule has 1 atom stereocenters. The van der Waals surface area contributed by atoms with Crippen molar-refractivity contribution in [3.63, 3.8) is 0 Å². The number of β-amino-alcohol motifs (C(OH)–C–C–N with tert-alkyl or cyclic N) is 1. The fraction of sp³-hybridized carbons (Fsp3) is 1.00. The molecule has 4 nitrogen and oxygen atoms in total. The minimum absolute atomic E-state index is 0.0844. The summed E-state index contributed by atoms with van der Waals surface area (Å²) in [6.45, 7) is 11.2. The second kappa shape index (κ2) is 9.83. The van der Waals surface area contributed by atoms with Crippen LogP contribution >= 0.6 is 0 Å². The summed E-state index contributed by atoms with van der Waals surface area (Å²) in [5.41, 5.74) is 0.0844. The van der Waals surface area contributed by atoms with Gasteiger partial charge in [-0.1, -0.05) is 13.3 Å². The summed E-state index contributed by atoms with van der Waals surface area (Å²) in [4.78, 5) is 0. The molecular weight excluding hydrogens is 218 g/mol. The smallest absolute Gasteiger partial charge is 0.0897 e. The Hall–Kier alpha value is -0.160. The predicted molar refractivity (Wildman–Crippen MR) is 70.3 cm³/mol. The maximum absolute atomic E-state index is 9.71. The molecular formula is C13H29NO3. The van der Waals surface area contributed by atoms with Crippen molar-refractivity contribution in [2.45, 2.75) is 52.2 Å². The van der Waals surface area contributed by atoms with Gasteiger partial charge >= 0.3 is 0 Å². The van der Waals surface area contributed by atoms with Crippen molar-refractivity contribution >= 4 is 0 Å². The number of nitrogens with one attached hydrogen (secondary N) is 1. The molecule has 0 bridgehead atoms. The monoisotopic (exact) mass is 247 g/mol. The first-order valence-corrected chi connectivity index (χ1v) is 6.60. The third-order valence-corrected chi connectivity index (χ3v) is 2.58. The molecule has 0 aliphatic rings. The van der Waals surface area contributed by atoms with Gasteiger partial charge in [0.2, 0.25) is 0 Å². The fourth-order valence-corrected chi connectivity index (χ4v) is 1.65. The van der Waals surface area contributed by atoms with E-state index in [1.807, 2.05) is 6.92 Å². The number of aliphatic hydroxyl groups excluding tert-OH is 1. The van der Waals surface area contributed by atoms with Gasteiger partial charge in [0, 0.05) is 18.7 Å². The largest absolute Gasteiger partial charge is 0.389 e. The van der Waals surface area contributed by atoms with Crippen LogP contribution in [0.5, 0.6) is 0 Å². The zero-order chi connectivity index (χ0) is 13.1. The van der Waals surface area contributed by atoms with Crippen molar-refractivity contribution in [1.82, 2.24) is 5.32 Å². The van der Waals surface area contributed by atoms with E-state index in [9.17, 15) is 5.11 Å². The zero-order valence-corrected chi connectivity index (χ0v) is 11.8. The van der Waals surface area contributed by atoms with Gasteiger partial charge in [0.1, 0.15) is 0 Å². The molecule has 0 amide bonds. The summed E-state index contributed by atoms with van der Waals surface area (Å²) in [6, 6.07) is 0. The number of ether oxygens (including phenoxy) is 2. The van der Waals surface area contributed by atoms with Crippen molar-refractivity contribution in [2.75, 3.05) is 33.0 Å². The molecule has 0 aliphatic heterocycles. The predicted octanol–water partition coefficient (Wildman–Crippen LogP) is 1.57. The quantitative estimate of drug-likeness (QED) is 0.544. The number of hydrogen-bond acceptors (Lipinski definition) is 4. The highest BCUT2D eigenvalue weighted by atomic mass is 16.5. The Labute approximate surface area is 106 Å². The van der Waals surface area contributed by atoms with Crippen molar-refractivity contribution in [3.05, 3.63) is 0 Å². The molecule has 0 rings (SSSR count). The Bertz CT molecular complexity index is 174. The van der Waals surface area contributed by atoms with Gasteiger partial charge in [0.15, 0.2) is 0 Å². The van der Waals surface area contributed by atoms with Crippen molar-refractivity contribution < 1.29 is 14.6 Å². The number of rotatable bonds is 11. The van der Waals surface area contributed by atoms with Crippen molar-refractivity contribution in [2.24, 2.45) is 0 Å². The van der Waals surface area contributed by atoms with E-state index in [1.54, 1.807) is 0 Å². The summed E-state index contributed by atoms with van der Waals surface area (Å²) < 4.78 is 10.4. The lowest BCUT2D eigenvalue weighted by Gasteiger charge is -2.27. The SMILES string of the molecule is CCCC(C)(C)NCC(O)COCCOCC. The van der Waals surface area contributed by atoms with Gasteiger partial charge in [0.25, 0.3) is 0 Å². The van der Waals surface area contributed by atoms with E-state index in [-0.39, 0.29) is 5.54 Å². The van der Waals surface area contributed by atoms with Crippen LogP contribution in [0.1, 0.15) is 40.5 Å². The van der Waals surface area contributed by atoms with Gasteiger partial charge < -0.3 is 19.9 Å². The van der Waals surface area contributed by atoms with Gasteiger partial charge in [-0.3, -0.25) is 0 Å². The molecule has 1 unspecified atom stereocenters. The minimum Gasteiger partial charge on any atom is -0.389 e. The highest BCUT2D eigenvalue weighted by Gasteiger charge is 2.17. The molecule has 0 aromatic heterocycles. The summed E-state index contributed by atoms with van der Waals surface area (Å²) >= 11 is 0. The number of hydrogen-bond donors (Lipinski definition) is 2. The Morgan fingerprint density at radius 2 is 1.82 bits per heavy atom. The molecule has 0 spiro atoms. The van der Waals surface area contributed by atoms with Crippen LogP contribution in [0, 0.1) is 0 Å². The lowest BCUT2D eigenvalue weighted by molar-refractivity contribution is 0.00442. The standard InChI is InChI=1S/C13H29NO3/c1-5-7-13(3,4)14-10-12(15)11-17-9-8-16-6-2/h12,14-15H,5-11H2,1-4H3. The highest BCUT2D eigenvalue weighted by Crippen LogP contribution is 2.10. The van der Waals surface area contributed by atoms with Crippen LogP contribution in [0.4, 0.5) is 0 Å². The van der Waals surface area contributed by atoms with Crippen LogP contribution < -0.4 is 5.32 Å². The van der Waals surface area contributed by atoms with Gasteiger partial charge in [0.05, 0.1) is 25.9 Å². The first-order chi connectivity index (χ1) is 8.02. The van der Waals surface area contributed by atoms with E-state index < -0.39 is 6.10 Å². The fourth-order valence-electron chi connectivity index (χ4n) is 1.65. The van der Waals surface area contributed by atoms with Crippen LogP contribution in [0.3, 0.4) is 0 Å². The van der Waals surface area contributed by atoms with Crippen LogP contribution in [0.2, 0.25) is 0 Å². The lowest BCUT2D eigenvalue weighted by Crippen LogP contribution is -2.44. The van der Waals surface area contributed by atoms with E-state index in [1.165, 1.54) is 0 Å². The molecule has 104 valence electrons. The van der Waals surface area contributed by atoms with Crippen LogP contribution in [-0.2, 0) is 9.47 Å². The molecule has 4 heteroatoms. The van der Waals surface area contributed by atoms with Gasteiger partial charge in [-0.05, 0) is 27.2 Å². The summed E-state index contributed by atoms with van der Waals surface area (Å²) in [6.07, 6.45) is 1.79. The second-order valence-corrected chi connectivity index (χ2v) is 4.94. The molecule has 0 radical (unpaired) electrons. The van der Waals surface area contributed by atoms with Crippen molar-refractivity contribution in [1.29, 1.82) is 0 Å². The topological polar surface area (TPSA) is 50.7 Å². The molecule has 0 saturated heterocycles. The Morgan fingerprint density at radius 1 is 1.18 bits per heavy atom. The maximum Gasteiger partial charge on any atom is 0.0897 e. The average Bonchev–Trinajstić information content (AvgIpc) is 2.26. The molecule has 0 heterocycles. The third-order valence-electron chi connectivity index (χ3n) is 2.58. The van der Waals surface area contributed by atoms with Gasteiger partial charge in [-0.2, -0.15) is 0 Å². The van der Waals surface area contributed by atoms with E-state index in [4.69, 9.17) is 9.47 Å². The summed E-state index contributed by atoms with van der Waals surface area (Å²) in [7, 11) is 0. The van der Waals surface area contributed by atoms with Gasteiger partial charge in [-0.15, -0.1) is 0 Å². The first kappa shape index (κ1) is 16.8. The minimum atomic E-state index is -0.451. The van der Waals surface area contributed by atoms with E-state index >= 15 is 0 Å². The zero-order valence-electron chi connectivity index (χ0n) is 11.8. The molecule has 0 aliphatic carbocycles. The molecule has 17 heavy (non-hydrogen) atoms. The molecule has 2 N–H and O–H groups in total. The molecule has 0 fully saturated rings. The average molecular weight is 247 g/mol. The summed E-state index contributed by atoms with van der Waals surface area (Å²) in [5, 5.41) is 13.1. The molecule has 0 saturated carbocycles. The Kier molecular flexibility index (Phi) is 9.74. The second-order valence-electron chi connectivity index (χ2n) is 4.94. The maximum atomic E-state index is 9.71. The van der Waals surface area contributed by atoms with E-state index in [0.29, 0.717) is 33.0 Å².